The number of hydrogen-bond acceptors (Lipinski definition) is 2. The van der Waals surface area contributed by atoms with E-state index in [2.05, 4.69) is 0 Å². The van der Waals surface area contributed by atoms with Crippen molar-refractivity contribution >= 4 is 12.0 Å². The molecule has 1 aliphatic heterocycles. The quantitative estimate of drug-likeness (QED) is 0.559. The van der Waals surface area contributed by atoms with Gasteiger partial charge in [-0.1, -0.05) is 48.6 Å². The lowest BCUT2D eigenvalue weighted by molar-refractivity contribution is -0.141. The molecule has 16 heavy (non-hydrogen) atoms. The number of carbonyl (C=O) groups is 1. The van der Waals surface area contributed by atoms with Crippen molar-refractivity contribution in [3.05, 3.63) is 53.6 Å². The summed E-state index contributed by atoms with van der Waals surface area (Å²) in [6, 6.07) is 10.0. The second-order valence-corrected chi connectivity index (χ2v) is 3.70. The number of cyclic esters (lactones) is 1. The molecule has 0 unspecified atom stereocenters. The maximum atomic E-state index is 11.3. The molecule has 2 nitrogen and oxygen atoms in total. The zero-order valence-corrected chi connectivity index (χ0v) is 9.06. The molecular formula is C14H14O2. The summed E-state index contributed by atoms with van der Waals surface area (Å²) in [5.74, 6) is -0.177. The predicted octanol–water partition coefficient (Wildman–Crippen LogP) is 2.96. The molecule has 0 aromatic heterocycles. The molecule has 1 heterocycles. The fourth-order valence-corrected chi connectivity index (χ4v) is 1.61. The minimum atomic E-state index is -0.177. The van der Waals surface area contributed by atoms with Crippen LogP contribution in [0.5, 0.6) is 0 Å². The van der Waals surface area contributed by atoms with E-state index in [0.29, 0.717) is 6.61 Å². The van der Waals surface area contributed by atoms with Gasteiger partial charge in [-0.2, -0.15) is 0 Å². The van der Waals surface area contributed by atoms with Crippen LogP contribution in [0, 0.1) is 0 Å². The summed E-state index contributed by atoms with van der Waals surface area (Å²) < 4.78 is 4.95. The molecule has 2 heteroatoms. The van der Waals surface area contributed by atoms with Gasteiger partial charge in [-0.05, 0) is 18.4 Å². The Morgan fingerprint density at radius 3 is 2.75 bits per heavy atom. The maximum absolute atomic E-state index is 11.3. The van der Waals surface area contributed by atoms with Gasteiger partial charge in [0.05, 0.1) is 6.61 Å². The van der Waals surface area contributed by atoms with Crippen LogP contribution >= 0.6 is 0 Å². The number of ether oxygens (including phenoxy) is 1. The Bertz CT molecular complexity index is 416. The smallest absolute Gasteiger partial charge is 0.333 e. The fraction of sp³-hybridized carbons (Fsp3) is 0.214. The molecule has 2 rings (SSSR count). The molecule has 0 amide bonds. The minimum absolute atomic E-state index is 0.177. The first-order chi connectivity index (χ1) is 7.86. The van der Waals surface area contributed by atoms with E-state index in [9.17, 15) is 4.79 Å². The lowest BCUT2D eigenvalue weighted by atomic mass is 10.1. The molecule has 1 aliphatic rings. The normalized spacial score (nSPS) is 19.0. The van der Waals surface area contributed by atoms with Gasteiger partial charge in [0, 0.05) is 5.57 Å². The van der Waals surface area contributed by atoms with E-state index in [-0.39, 0.29) is 5.97 Å². The number of esters is 1. The Labute approximate surface area is 95.2 Å². The van der Waals surface area contributed by atoms with Crippen LogP contribution in [0.4, 0.5) is 0 Å². The summed E-state index contributed by atoms with van der Waals surface area (Å²) >= 11 is 0. The first kappa shape index (κ1) is 10.7. The third-order valence-electron chi connectivity index (χ3n) is 2.47. The van der Waals surface area contributed by atoms with Crippen LogP contribution < -0.4 is 0 Å². The molecule has 0 aliphatic carbocycles. The van der Waals surface area contributed by atoms with Crippen LogP contribution in [0.25, 0.3) is 6.08 Å². The highest BCUT2D eigenvalue weighted by atomic mass is 16.5. The lowest BCUT2D eigenvalue weighted by Crippen LogP contribution is -2.15. The number of carbonyl (C=O) groups excluding carboxylic acids is 1. The van der Waals surface area contributed by atoms with E-state index in [0.717, 1.165) is 24.0 Å². The highest BCUT2D eigenvalue weighted by Gasteiger charge is 2.14. The van der Waals surface area contributed by atoms with Gasteiger partial charge in [-0.3, -0.25) is 0 Å². The topological polar surface area (TPSA) is 26.3 Å². The van der Waals surface area contributed by atoms with Crippen molar-refractivity contribution in [2.24, 2.45) is 0 Å². The van der Waals surface area contributed by atoms with Crippen molar-refractivity contribution in [3.8, 4) is 0 Å². The van der Waals surface area contributed by atoms with Crippen LogP contribution in [0.3, 0.4) is 0 Å². The second kappa shape index (κ2) is 5.31. The third kappa shape index (κ3) is 2.83. The highest BCUT2D eigenvalue weighted by Crippen LogP contribution is 2.14. The minimum Gasteiger partial charge on any atom is -0.462 e. The molecular weight excluding hydrogens is 200 g/mol. The van der Waals surface area contributed by atoms with Crippen molar-refractivity contribution in [2.45, 2.75) is 12.8 Å². The van der Waals surface area contributed by atoms with Gasteiger partial charge < -0.3 is 4.74 Å². The second-order valence-electron chi connectivity index (χ2n) is 3.70. The average Bonchev–Trinajstić information content (AvgIpc) is 2.33. The largest absolute Gasteiger partial charge is 0.462 e. The Balaban J connectivity index is 2.02. The van der Waals surface area contributed by atoms with Gasteiger partial charge in [-0.15, -0.1) is 0 Å². The van der Waals surface area contributed by atoms with Gasteiger partial charge >= 0.3 is 5.97 Å². The maximum Gasteiger partial charge on any atom is 0.333 e. The van der Waals surface area contributed by atoms with Gasteiger partial charge in [0.15, 0.2) is 0 Å². The third-order valence-corrected chi connectivity index (χ3v) is 2.47. The van der Waals surface area contributed by atoms with E-state index in [1.165, 1.54) is 0 Å². The van der Waals surface area contributed by atoms with E-state index in [1.807, 2.05) is 48.6 Å². The van der Waals surface area contributed by atoms with Crippen LogP contribution in [-0.4, -0.2) is 12.6 Å². The SMILES string of the molecule is O=C1OCCCC1=C/C=C/c1ccccc1. The van der Waals surface area contributed by atoms with Crippen LogP contribution in [0.15, 0.2) is 48.1 Å². The Morgan fingerprint density at radius 2 is 2.00 bits per heavy atom. The van der Waals surface area contributed by atoms with Crippen LogP contribution in [0.1, 0.15) is 18.4 Å². The number of benzene rings is 1. The zero-order valence-electron chi connectivity index (χ0n) is 9.06. The number of allylic oxidation sites excluding steroid dienone is 2. The summed E-state index contributed by atoms with van der Waals surface area (Å²) in [6.07, 6.45) is 7.47. The molecule has 1 saturated heterocycles. The van der Waals surface area contributed by atoms with Crippen molar-refractivity contribution in [1.82, 2.24) is 0 Å². The molecule has 0 spiro atoms. The van der Waals surface area contributed by atoms with Gasteiger partial charge in [-0.25, -0.2) is 4.79 Å². The van der Waals surface area contributed by atoms with E-state index >= 15 is 0 Å². The Hall–Kier alpha value is -1.83. The molecule has 1 aromatic rings. The molecule has 0 saturated carbocycles. The van der Waals surface area contributed by atoms with Crippen molar-refractivity contribution < 1.29 is 9.53 Å². The molecule has 0 radical (unpaired) electrons. The molecule has 1 fully saturated rings. The van der Waals surface area contributed by atoms with Crippen LogP contribution in [0.2, 0.25) is 0 Å². The van der Waals surface area contributed by atoms with Gasteiger partial charge in [0.1, 0.15) is 0 Å². The van der Waals surface area contributed by atoms with Crippen molar-refractivity contribution in [3.63, 3.8) is 0 Å². The van der Waals surface area contributed by atoms with E-state index in [1.54, 1.807) is 0 Å². The summed E-state index contributed by atoms with van der Waals surface area (Å²) in [7, 11) is 0. The first-order valence-corrected chi connectivity index (χ1v) is 5.46. The standard InChI is InChI=1S/C14H14O2/c15-14-13(10-5-11-16-14)9-4-8-12-6-2-1-3-7-12/h1-4,6-9H,5,10-11H2/b8-4+,13-9?. The summed E-state index contributed by atoms with van der Waals surface area (Å²) in [5.41, 5.74) is 1.89. The molecule has 82 valence electrons. The van der Waals surface area contributed by atoms with Gasteiger partial charge in [0.25, 0.3) is 0 Å². The van der Waals surface area contributed by atoms with Crippen LogP contribution in [-0.2, 0) is 9.53 Å². The van der Waals surface area contributed by atoms with Crippen molar-refractivity contribution in [1.29, 1.82) is 0 Å². The predicted molar refractivity (Wildman–Crippen MR) is 63.8 cm³/mol. The van der Waals surface area contributed by atoms with Gasteiger partial charge in [0.2, 0.25) is 0 Å². The average molecular weight is 214 g/mol. The fourth-order valence-electron chi connectivity index (χ4n) is 1.61. The highest BCUT2D eigenvalue weighted by molar-refractivity contribution is 5.89. The van der Waals surface area contributed by atoms with E-state index in [4.69, 9.17) is 4.74 Å². The number of rotatable bonds is 2. The van der Waals surface area contributed by atoms with E-state index < -0.39 is 0 Å². The molecule has 1 aromatic carbocycles. The monoisotopic (exact) mass is 214 g/mol. The Kier molecular flexibility index (Phi) is 3.54. The summed E-state index contributed by atoms with van der Waals surface area (Å²) in [5, 5.41) is 0. The molecule has 0 bridgehead atoms. The van der Waals surface area contributed by atoms with Crippen molar-refractivity contribution in [2.75, 3.05) is 6.61 Å². The number of hydrogen-bond donors (Lipinski definition) is 0. The lowest BCUT2D eigenvalue weighted by Gasteiger charge is -2.12. The zero-order chi connectivity index (χ0) is 11.2. The first-order valence-electron chi connectivity index (χ1n) is 5.46. The molecule has 0 atom stereocenters. The summed E-state index contributed by atoms with van der Waals surface area (Å²) in [6.45, 7) is 0.554. The summed E-state index contributed by atoms with van der Waals surface area (Å²) in [4.78, 5) is 11.3. The Morgan fingerprint density at radius 1 is 1.19 bits per heavy atom. The molecule has 0 N–H and O–H groups in total.